The average molecular weight is 421 g/mol. The van der Waals surface area contributed by atoms with Gasteiger partial charge >= 0.3 is 5.97 Å². The van der Waals surface area contributed by atoms with Gasteiger partial charge in [0.2, 0.25) is 0 Å². The lowest BCUT2D eigenvalue weighted by Gasteiger charge is -2.62. The Labute approximate surface area is 183 Å². The minimum atomic E-state index is -0.247. The number of aliphatic hydroxyl groups excluding tert-OH is 2. The van der Waals surface area contributed by atoms with E-state index in [1.165, 1.54) is 25.7 Å². The topological polar surface area (TPSA) is 66.8 Å². The van der Waals surface area contributed by atoms with Crippen molar-refractivity contribution >= 4 is 5.97 Å². The molecule has 0 amide bonds. The molecule has 10 atom stereocenters. The quantitative estimate of drug-likeness (QED) is 0.617. The van der Waals surface area contributed by atoms with Gasteiger partial charge < -0.3 is 14.9 Å². The molecule has 172 valence electrons. The molecule has 4 heteroatoms. The Morgan fingerprint density at radius 1 is 1.07 bits per heavy atom. The fraction of sp³-hybridized carbons (Fsp3) is 0.962. The summed E-state index contributed by atoms with van der Waals surface area (Å²) in [4.78, 5) is 11.9. The average Bonchev–Trinajstić information content (AvgIpc) is 3.07. The first kappa shape index (κ1) is 22.6. The zero-order valence-electron chi connectivity index (χ0n) is 19.6. The standard InChI is InChI=1S/C26H44O4/c1-5-30-24(29)11-6-16(2)20-9-10-21-19-8-7-17-14-18(27)12-13-25(17,3)22(19)15-23(28)26(20,21)4/h16-23,27-28H,5-15H2,1-4H3/t16-,17+,18+,19+,20+,21-,22+,23-,25+,26-/m1/s1. The van der Waals surface area contributed by atoms with E-state index in [0.717, 1.165) is 38.0 Å². The summed E-state index contributed by atoms with van der Waals surface area (Å²) in [6, 6.07) is 0. The fourth-order valence-electron chi connectivity index (χ4n) is 8.94. The lowest BCUT2D eigenvalue weighted by Crippen LogP contribution is -2.58. The number of aliphatic hydroxyl groups is 2. The maximum Gasteiger partial charge on any atom is 0.305 e. The number of ether oxygens (including phenoxy) is 1. The predicted octanol–water partition coefficient (Wildman–Crippen LogP) is 4.96. The van der Waals surface area contributed by atoms with Gasteiger partial charge in [-0.1, -0.05) is 20.8 Å². The molecular weight excluding hydrogens is 376 g/mol. The van der Waals surface area contributed by atoms with Crippen LogP contribution in [-0.2, 0) is 9.53 Å². The van der Waals surface area contributed by atoms with Gasteiger partial charge in [-0.05, 0) is 111 Å². The van der Waals surface area contributed by atoms with Crippen molar-refractivity contribution in [2.24, 2.45) is 46.3 Å². The molecule has 0 heterocycles. The van der Waals surface area contributed by atoms with Crippen molar-refractivity contribution in [3.05, 3.63) is 0 Å². The first-order chi connectivity index (χ1) is 14.2. The lowest BCUT2D eigenvalue weighted by molar-refractivity contribution is -0.175. The van der Waals surface area contributed by atoms with E-state index in [1.807, 2.05) is 6.92 Å². The third-order valence-corrected chi connectivity index (χ3v) is 10.6. The van der Waals surface area contributed by atoms with Crippen LogP contribution in [0.1, 0.15) is 91.9 Å². The predicted molar refractivity (Wildman–Crippen MR) is 118 cm³/mol. The molecule has 4 rings (SSSR count). The molecule has 4 saturated carbocycles. The van der Waals surface area contributed by atoms with E-state index in [1.54, 1.807) is 0 Å². The van der Waals surface area contributed by atoms with Crippen molar-refractivity contribution in [2.75, 3.05) is 6.61 Å². The first-order valence-electron chi connectivity index (χ1n) is 12.7. The molecule has 2 N–H and O–H groups in total. The Morgan fingerprint density at radius 2 is 1.83 bits per heavy atom. The normalized spacial score (nSPS) is 48.9. The Morgan fingerprint density at radius 3 is 2.57 bits per heavy atom. The highest BCUT2D eigenvalue weighted by molar-refractivity contribution is 5.69. The molecule has 0 radical (unpaired) electrons. The fourth-order valence-corrected chi connectivity index (χ4v) is 8.94. The molecule has 0 unspecified atom stereocenters. The Kier molecular flexibility index (Phi) is 6.31. The third kappa shape index (κ3) is 3.54. The van der Waals surface area contributed by atoms with Gasteiger partial charge in [0.05, 0.1) is 18.8 Å². The minimum Gasteiger partial charge on any atom is -0.466 e. The number of rotatable bonds is 5. The number of carbonyl (C=O) groups is 1. The Bertz CT molecular complexity index is 635. The van der Waals surface area contributed by atoms with E-state index in [0.29, 0.717) is 42.6 Å². The molecule has 0 aromatic heterocycles. The van der Waals surface area contributed by atoms with Gasteiger partial charge in [0.15, 0.2) is 0 Å². The molecule has 0 aliphatic heterocycles. The summed E-state index contributed by atoms with van der Waals surface area (Å²) in [5.41, 5.74) is 0.269. The van der Waals surface area contributed by atoms with Crippen molar-refractivity contribution in [1.29, 1.82) is 0 Å². The largest absolute Gasteiger partial charge is 0.466 e. The van der Waals surface area contributed by atoms with Gasteiger partial charge in [-0.25, -0.2) is 0 Å². The van der Waals surface area contributed by atoms with Crippen molar-refractivity contribution in [1.82, 2.24) is 0 Å². The highest BCUT2D eigenvalue weighted by Crippen LogP contribution is 2.68. The first-order valence-corrected chi connectivity index (χ1v) is 12.7. The van der Waals surface area contributed by atoms with Crippen molar-refractivity contribution < 1.29 is 19.7 Å². The molecule has 0 aromatic rings. The smallest absolute Gasteiger partial charge is 0.305 e. The third-order valence-electron chi connectivity index (χ3n) is 10.6. The van der Waals surface area contributed by atoms with E-state index in [2.05, 4.69) is 20.8 Å². The number of hydrogen-bond acceptors (Lipinski definition) is 4. The van der Waals surface area contributed by atoms with E-state index in [4.69, 9.17) is 4.74 Å². The highest BCUT2D eigenvalue weighted by Gasteiger charge is 2.63. The highest BCUT2D eigenvalue weighted by atomic mass is 16.5. The molecule has 4 aliphatic carbocycles. The lowest BCUT2D eigenvalue weighted by atomic mass is 9.43. The SMILES string of the molecule is CCOC(=O)CC[C@@H](C)[C@@H]1CC[C@@H]2[C@@H]3CC[C@H]4C[C@@H](O)CC[C@]4(C)[C@H]3C[C@@H](O)[C@@]21C. The van der Waals surface area contributed by atoms with Gasteiger partial charge in [0.25, 0.3) is 0 Å². The van der Waals surface area contributed by atoms with Gasteiger partial charge in [-0.3, -0.25) is 4.79 Å². The minimum absolute atomic E-state index is 0.0212. The monoisotopic (exact) mass is 420 g/mol. The molecular formula is C26H44O4. The van der Waals surface area contributed by atoms with E-state index in [9.17, 15) is 15.0 Å². The van der Waals surface area contributed by atoms with Crippen LogP contribution in [0.3, 0.4) is 0 Å². The molecule has 0 aromatic carbocycles. The maximum atomic E-state index is 11.9. The summed E-state index contributed by atoms with van der Waals surface area (Å²) in [5, 5.41) is 21.8. The molecule has 0 spiro atoms. The van der Waals surface area contributed by atoms with Gasteiger partial charge in [-0.15, -0.1) is 0 Å². The molecule has 0 saturated heterocycles. The second-order valence-electron chi connectivity index (χ2n) is 11.7. The zero-order valence-corrected chi connectivity index (χ0v) is 19.6. The van der Waals surface area contributed by atoms with E-state index < -0.39 is 0 Å². The molecule has 4 aliphatic rings. The van der Waals surface area contributed by atoms with E-state index >= 15 is 0 Å². The van der Waals surface area contributed by atoms with Crippen LogP contribution in [0.15, 0.2) is 0 Å². The molecule has 4 fully saturated rings. The van der Waals surface area contributed by atoms with Crippen molar-refractivity contribution in [2.45, 2.75) is 104 Å². The number of esters is 1. The second kappa shape index (κ2) is 8.39. The summed E-state index contributed by atoms with van der Waals surface area (Å²) in [5.74, 6) is 3.39. The van der Waals surface area contributed by atoms with Crippen LogP contribution in [0.25, 0.3) is 0 Å². The summed E-state index contributed by atoms with van der Waals surface area (Å²) >= 11 is 0. The summed E-state index contributed by atoms with van der Waals surface area (Å²) in [7, 11) is 0. The summed E-state index contributed by atoms with van der Waals surface area (Å²) in [6.07, 6.45) is 9.88. The van der Waals surface area contributed by atoms with Crippen LogP contribution >= 0.6 is 0 Å². The second-order valence-corrected chi connectivity index (χ2v) is 11.7. The Balaban J connectivity index is 1.50. The van der Waals surface area contributed by atoms with Crippen LogP contribution in [-0.4, -0.2) is 35.0 Å². The number of hydrogen-bond donors (Lipinski definition) is 2. The van der Waals surface area contributed by atoms with Crippen LogP contribution < -0.4 is 0 Å². The summed E-state index contributed by atoms with van der Waals surface area (Å²) < 4.78 is 5.14. The molecule has 30 heavy (non-hydrogen) atoms. The summed E-state index contributed by atoms with van der Waals surface area (Å²) in [6.45, 7) is 9.45. The maximum absolute atomic E-state index is 11.9. The number of carbonyl (C=O) groups excluding carboxylic acids is 1. The van der Waals surface area contributed by atoms with Crippen LogP contribution in [0.4, 0.5) is 0 Å². The zero-order chi connectivity index (χ0) is 21.7. The van der Waals surface area contributed by atoms with Crippen LogP contribution in [0.2, 0.25) is 0 Å². The van der Waals surface area contributed by atoms with Crippen LogP contribution in [0.5, 0.6) is 0 Å². The van der Waals surface area contributed by atoms with Crippen molar-refractivity contribution in [3.8, 4) is 0 Å². The van der Waals surface area contributed by atoms with E-state index in [-0.39, 0.29) is 29.0 Å². The van der Waals surface area contributed by atoms with Gasteiger partial charge in [-0.2, -0.15) is 0 Å². The number of fused-ring (bicyclic) bond motifs is 5. The van der Waals surface area contributed by atoms with Crippen molar-refractivity contribution in [3.63, 3.8) is 0 Å². The van der Waals surface area contributed by atoms with Gasteiger partial charge in [0.1, 0.15) is 0 Å². The Hall–Kier alpha value is -0.610. The molecule has 0 bridgehead atoms. The van der Waals surface area contributed by atoms with Crippen LogP contribution in [0, 0.1) is 46.3 Å². The molecule has 4 nitrogen and oxygen atoms in total. The van der Waals surface area contributed by atoms with Gasteiger partial charge in [0, 0.05) is 6.42 Å².